The van der Waals surface area contributed by atoms with Crippen molar-refractivity contribution in [2.75, 3.05) is 25.0 Å². The van der Waals surface area contributed by atoms with E-state index in [9.17, 15) is 9.59 Å². The molecule has 1 N–H and O–H groups in total. The summed E-state index contributed by atoms with van der Waals surface area (Å²) in [4.78, 5) is 25.3. The van der Waals surface area contributed by atoms with Gasteiger partial charge in [-0.2, -0.15) is 0 Å². The fraction of sp³-hybridized carbons (Fsp3) is 0.444. The highest BCUT2D eigenvalue weighted by atomic mass is 16.5. The van der Waals surface area contributed by atoms with Crippen LogP contribution in [0.1, 0.15) is 32.3 Å². The third-order valence-corrected chi connectivity index (χ3v) is 3.80. The van der Waals surface area contributed by atoms with Crippen LogP contribution in [0.2, 0.25) is 0 Å². The fourth-order valence-electron chi connectivity index (χ4n) is 2.61. The SMILES string of the molecule is CCOC(=O)/C=C/c1ccc(NC(=O)N2CCCC(C)C2)cc1. The van der Waals surface area contributed by atoms with Gasteiger partial charge in [0.2, 0.25) is 0 Å². The number of carbonyl (C=O) groups excluding carboxylic acids is 2. The molecule has 1 fully saturated rings. The summed E-state index contributed by atoms with van der Waals surface area (Å²) in [5.41, 5.74) is 1.63. The van der Waals surface area contributed by atoms with Crippen LogP contribution in [0, 0.1) is 5.92 Å². The lowest BCUT2D eigenvalue weighted by atomic mass is 10.0. The van der Waals surface area contributed by atoms with Gasteiger partial charge in [0.05, 0.1) is 6.61 Å². The van der Waals surface area contributed by atoms with Gasteiger partial charge in [0.25, 0.3) is 0 Å². The van der Waals surface area contributed by atoms with E-state index >= 15 is 0 Å². The first kappa shape index (κ1) is 17.1. The van der Waals surface area contributed by atoms with Crippen LogP contribution in [0.4, 0.5) is 10.5 Å². The molecule has 1 atom stereocenters. The average Bonchev–Trinajstić information content (AvgIpc) is 2.54. The van der Waals surface area contributed by atoms with Crippen molar-refractivity contribution in [3.63, 3.8) is 0 Å². The molecule has 1 aliphatic heterocycles. The van der Waals surface area contributed by atoms with Gasteiger partial charge >= 0.3 is 12.0 Å². The minimum absolute atomic E-state index is 0.0497. The predicted molar refractivity (Wildman–Crippen MR) is 91.1 cm³/mol. The van der Waals surface area contributed by atoms with Gasteiger partial charge < -0.3 is 15.0 Å². The number of piperidine rings is 1. The summed E-state index contributed by atoms with van der Waals surface area (Å²) in [5, 5.41) is 2.92. The Bertz CT molecular complexity index is 566. The largest absolute Gasteiger partial charge is 0.463 e. The van der Waals surface area contributed by atoms with Crippen LogP contribution in [-0.4, -0.2) is 36.6 Å². The number of nitrogens with one attached hydrogen (secondary N) is 1. The summed E-state index contributed by atoms with van der Waals surface area (Å²) in [5.74, 6) is 0.203. The van der Waals surface area contributed by atoms with Crippen molar-refractivity contribution in [2.45, 2.75) is 26.7 Å². The number of rotatable bonds is 4. The van der Waals surface area contributed by atoms with Crippen LogP contribution in [0.5, 0.6) is 0 Å². The smallest absolute Gasteiger partial charge is 0.330 e. The van der Waals surface area contributed by atoms with E-state index in [1.807, 2.05) is 29.2 Å². The number of benzene rings is 1. The Morgan fingerprint density at radius 1 is 1.35 bits per heavy atom. The van der Waals surface area contributed by atoms with Crippen LogP contribution in [0.3, 0.4) is 0 Å². The van der Waals surface area contributed by atoms with Crippen LogP contribution in [-0.2, 0) is 9.53 Å². The number of urea groups is 1. The standard InChI is InChI=1S/C18H24N2O3/c1-3-23-17(21)11-8-15-6-9-16(10-7-15)19-18(22)20-12-4-5-14(2)13-20/h6-11,14H,3-5,12-13H2,1-2H3,(H,19,22)/b11-8+. The Balaban J connectivity index is 1.89. The average molecular weight is 316 g/mol. The van der Waals surface area contributed by atoms with Gasteiger partial charge in [0.1, 0.15) is 0 Å². The molecule has 23 heavy (non-hydrogen) atoms. The van der Waals surface area contributed by atoms with Gasteiger partial charge in [-0.15, -0.1) is 0 Å². The summed E-state index contributed by atoms with van der Waals surface area (Å²) in [6, 6.07) is 7.31. The molecule has 5 heteroatoms. The molecule has 1 aromatic carbocycles. The highest BCUT2D eigenvalue weighted by Gasteiger charge is 2.20. The lowest BCUT2D eigenvalue weighted by Crippen LogP contribution is -2.41. The minimum atomic E-state index is -0.357. The van der Waals surface area contributed by atoms with Crippen molar-refractivity contribution in [1.29, 1.82) is 0 Å². The number of ether oxygens (including phenoxy) is 1. The molecule has 1 heterocycles. The Morgan fingerprint density at radius 2 is 2.09 bits per heavy atom. The molecule has 2 amide bonds. The van der Waals surface area contributed by atoms with Gasteiger partial charge in [0.15, 0.2) is 0 Å². The van der Waals surface area contributed by atoms with Crippen LogP contribution < -0.4 is 5.32 Å². The lowest BCUT2D eigenvalue weighted by molar-refractivity contribution is -0.137. The van der Waals surface area contributed by atoms with E-state index < -0.39 is 0 Å². The summed E-state index contributed by atoms with van der Waals surface area (Å²) < 4.78 is 4.83. The molecule has 2 rings (SSSR count). The predicted octanol–water partition coefficient (Wildman–Crippen LogP) is 3.53. The molecule has 1 saturated heterocycles. The van der Waals surface area contributed by atoms with Crippen molar-refractivity contribution in [3.05, 3.63) is 35.9 Å². The number of likely N-dealkylation sites (tertiary alicyclic amines) is 1. The third kappa shape index (κ3) is 5.43. The molecule has 1 unspecified atom stereocenters. The zero-order valence-electron chi connectivity index (χ0n) is 13.7. The van der Waals surface area contributed by atoms with Crippen LogP contribution in [0.25, 0.3) is 6.08 Å². The maximum atomic E-state index is 12.2. The molecule has 1 aromatic rings. The Labute approximate surface area is 137 Å². The summed E-state index contributed by atoms with van der Waals surface area (Å²) in [6.45, 7) is 5.93. The highest BCUT2D eigenvalue weighted by Crippen LogP contribution is 2.17. The Hall–Kier alpha value is -2.30. The maximum absolute atomic E-state index is 12.2. The number of hydrogen-bond acceptors (Lipinski definition) is 3. The van der Waals surface area contributed by atoms with Crippen LogP contribution in [0.15, 0.2) is 30.3 Å². The van der Waals surface area contributed by atoms with Crippen molar-refractivity contribution in [1.82, 2.24) is 4.90 Å². The molecule has 0 saturated carbocycles. The first-order valence-electron chi connectivity index (χ1n) is 8.09. The zero-order valence-corrected chi connectivity index (χ0v) is 13.7. The van der Waals surface area contributed by atoms with Crippen LogP contribution >= 0.6 is 0 Å². The summed E-state index contributed by atoms with van der Waals surface area (Å²) >= 11 is 0. The molecule has 1 aliphatic rings. The molecule has 0 aromatic heterocycles. The van der Waals surface area contributed by atoms with E-state index in [1.54, 1.807) is 13.0 Å². The summed E-state index contributed by atoms with van der Waals surface area (Å²) in [6.07, 6.45) is 5.33. The van der Waals surface area contributed by atoms with Gasteiger partial charge in [-0.25, -0.2) is 9.59 Å². The van der Waals surface area contributed by atoms with E-state index in [2.05, 4.69) is 12.2 Å². The molecular weight excluding hydrogens is 292 g/mol. The molecule has 5 nitrogen and oxygen atoms in total. The number of nitrogens with zero attached hydrogens (tertiary/aromatic N) is 1. The minimum Gasteiger partial charge on any atom is -0.463 e. The monoisotopic (exact) mass is 316 g/mol. The van der Waals surface area contributed by atoms with Gasteiger partial charge in [0, 0.05) is 24.9 Å². The number of esters is 1. The van der Waals surface area contributed by atoms with Crippen molar-refractivity contribution in [2.24, 2.45) is 5.92 Å². The van der Waals surface area contributed by atoms with Crippen molar-refractivity contribution >= 4 is 23.8 Å². The van der Waals surface area contributed by atoms with E-state index in [0.717, 1.165) is 30.8 Å². The second kappa shape index (κ2) is 8.36. The second-order valence-electron chi connectivity index (χ2n) is 5.83. The van der Waals surface area contributed by atoms with E-state index in [1.165, 1.54) is 12.5 Å². The molecule has 0 spiro atoms. The fourth-order valence-corrected chi connectivity index (χ4v) is 2.61. The number of hydrogen-bond donors (Lipinski definition) is 1. The third-order valence-electron chi connectivity index (χ3n) is 3.80. The normalized spacial score (nSPS) is 18.0. The first-order valence-corrected chi connectivity index (χ1v) is 8.09. The molecule has 124 valence electrons. The second-order valence-corrected chi connectivity index (χ2v) is 5.83. The molecule has 0 radical (unpaired) electrons. The molecular formula is C18H24N2O3. The van der Waals surface area contributed by atoms with E-state index in [0.29, 0.717) is 12.5 Å². The topological polar surface area (TPSA) is 58.6 Å². The van der Waals surface area contributed by atoms with Gasteiger partial charge in [-0.05, 0) is 49.5 Å². The Kier molecular flexibility index (Phi) is 6.20. The highest BCUT2D eigenvalue weighted by molar-refractivity contribution is 5.90. The van der Waals surface area contributed by atoms with Gasteiger partial charge in [-0.1, -0.05) is 19.1 Å². The zero-order chi connectivity index (χ0) is 16.7. The molecule has 0 aliphatic carbocycles. The lowest BCUT2D eigenvalue weighted by Gasteiger charge is -2.30. The summed E-state index contributed by atoms with van der Waals surface area (Å²) in [7, 11) is 0. The first-order chi connectivity index (χ1) is 11.1. The van der Waals surface area contributed by atoms with E-state index in [-0.39, 0.29) is 12.0 Å². The number of carbonyl (C=O) groups is 2. The number of amides is 2. The number of anilines is 1. The Morgan fingerprint density at radius 3 is 2.74 bits per heavy atom. The van der Waals surface area contributed by atoms with Gasteiger partial charge in [-0.3, -0.25) is 0 Å². The van der Waals surface area contributed by atoms with Crippen molar-refractivity contribution < 1.29 is 14.3 Å². The quantitative estimate of drug-likeness (QED) is 0.683. The molecule has 0 bridgehead atoms. The van der Waals surface area contributed by atoms with E-state index in [4.69, 9.17) is 4.74 Å². The van der Waals surface area contributed by atoms with Crippen molar-refractivity contribution in [3.8, 4) is 0 Å². The maximum Gasteiger partial charge on any atom is 0.330 e.